The van der Waals surface area contributed by atoms with Gasteiger partial charge in [-0.05, 0) is 50.1 Å². The van der Waals surface area contributed by atoms with E-state index in [0.29, 0.717) is 12.2 Å². The maximum Gasteiger partial charge on any atom is 0.321 e. The second-order valence-electron chi connectivity index (χ2n) is 6.33. The number of amides is 2. The molecule has 0 spiro atoms. The van der Waals surface area contributed by atoms with Crippen molar-refractivity contribution in [3.05, 3.63) is 54.2 Å². The summed E-state index contributed by atoms with van der Waals surface area (Å²) in [5, 5.41) is 14.2. The van der Waals surface area contributed by atoms with Crippen molar-refractivity contribution < 1.29 is 9.18 Å². The van der Waals surface area contributed by atoms with Crippen molar-refractivity contribution in [2.24, 2.45) is 0 Å². The van der Waals surface area contributed by atoms with Crippen LogP contribution < -0.4 is 5.32 Å². The predicted molar refractivity (Wildman–Crippen MR) is 102 cm³/mol. The lowest BCUT2D eigenvalue weighted by molar-refractivity contribution is 0.222. The molecule has 0 saturated carbocycles. The fourth-order valence-corrected chi connectivity index (χ4v) is 2.69. The topological polar surface area (TPSA) is 78.8 Å². The first-order valence-electron chi connectivity index (χ1n) is 8.90. The molecule has 2 N–H and O–H groups in total. The summed E-state index contributed by atoms with van der Waals surface area (Å²) >= 11 is 0. The van der Waals surface area contributed by atoms with Crippen molar-refractivity contribution in [2.45, 2.75) is 26.3 Å². The molecule has 0 radical (unpaired) electrons. The van der Waals surface area contributed by atoms with Crippen molar-refractivity contribution in [1.82, 2.24) is 24.9 Å². The summed E-state index contributed by atoms with van der Waals surface area (Å²) in [6.45, 7) is 3.36. The van der Waals surface area contributed by atoms with E-state index >= 15 is 0 Å². The number of rotatable bonds is 7. The molecule has 2 aromatic heterocycles. The summed E-state index contributed by atoms with van der Waals surface area (Å²) in [5.41, 5.74) is 3.31. The maximum absolute atomic E-state index is 13.0. The average Bonchev–Trinajstić information content (AvgIpc) is 3.31. The largest absolute Gasteiger partial charge is 0.328 e. The number of aromatic amines is 1. The molecule has 1 aromatic carbocycles. The Morgan fingerprint density at radius 1 is 1.33 bits per heavy atom. The SMILES string of the molecule is CCn1cc(NC(=O)N(C)CCCc2cc(-c3ccc(F)cc3)n[nH]2)cn1. The minimum Gasteiger partial charge on any atom is -0.328 e. The van der Waals surface area contributed by atoms with Crippen LogP contribution in [-0.2, 0) is 13.0 Å². The van der Waals surface area contributed by atoms with E-state index in [0.717, 1.165) is 36.3 Å². The zero-order valence-corrected chi connectivity index (χ0v) is 15.4. The third-order valence-electron chi connectivity index (χ3n) is 4.27. The number of aryl methyl sites for hydroxylation is 2. The Kier molecular flexibility index (Phi) is 5.85. The number of carbonyl (C=O) groups excluding carboxylic acids is 1. The average molecular weight is 370 g/mol. The summed E-state index contributed by atoms with van der Waals surface area (Å²) < 4.78 is 14.8. The summed E-state index contributed by atoms with van der Waals surface area (Å²) in [6, 6.07) is 8.03. The third-order valence-corrected chi connectivity index (χ3v) is 4.27. The first-order valence-corrected chi connectivity index (χ1v) is 8.90. The Labute approximate surface area is 157 Å². The lowest BCUT2D eigenvalue weighted by atomic mass is 10.1. The summed E-state index contributed by atoms with van der Waals surface area (Å²) in [4.78, 5) is 13.8. The first kappa shape index (κ1) is 18.6. The van der Waals surface area contributed by atoms with Gasteiger partial charge in [0, 0.05) is 37.6 Å². The van der Waals surface area contributed by atoms with Gasteiger partial charge in [-0.2, -0.15) is 10.2 Å². The van der Waals surface area contributed by atoms with Crippen LogP contribution in [0.4, 0.5) is 14.9 Å². The lowest BCUT2D eigenvalue weighted by Crippen LogP contribution is -2.32. The number of anilines is 1. The van der Waals surface area contributed by atoms with Gasteiger partial charge < -0.3 is 10.2 Å². The van der Waals surface area contributed by atoms with Gasteiger partial charge in [-0.25, -0.2) is 9.18 Å². The van der Waals surface area contributed by atoms with E-state index in [1.54, 1.807) is 41.2 Å². The van der Waals surface area contributed by atoms with Crippen LogP contribution in [-0.4, -0.2) is 44.5 Å². The fraction of sp³-hybridized carbons (Fsp3) is 0.316. The van der Waals surface area contributed by atoms with Gasteiger partial charge in [-0.3, -0.25) is 9.78 Å². The van der Waals surface area contributed by atoms with Gasteiger partial charge in [-0.15, -0.1) is 0 Å². The van der Waals surface area contributed by atoms with Crippen molar-refractivity contribution in [1.29, 1.82) is 0 Å². The Morgan fingerprint density at radius 3 is 2.81 bits per heavy atom. The summed E-state index contributed by atoms with van der Waals surface area (Å²) in [6.07, 6.45) is 4.99. The molecule has 2 heterocycles. The number of nitrogens with zero attached hydrogens (tertiary/aromatic N) is 4. The predicted octanol–water partition coefficient (Wildman–Crippen LogP) is 3.53. The second-order valence-corrected chi connectivity index (χ2v) is 6.33. The highest BCUT2D eigenvalue weighted by atomic mass is 19.1. The molecule has 0 saturated heterocycles. The molecule has 7 nitrogen and oxygen atoms in total. The van der Waals surface area contributed by atoms with Gasteiger partial charge in [0.15, 0.2) is 0 Å². The molecule has 0 fully saturated rings. The Hall–Kier alpha value is -3.16. The molecule has 0 aliphatic rings. The van der Waals surface area contributed by atoms with Gasteiger partial charge >= 0.3 is 6.03 Å². The van der Waals surface area contributed by atoms with Gasteiger partial charge in [0.1, 0.15) is 5.82 Å². The van der Waals surface area contributed by atoms with Crippen LogP contribution >= 0.6 is 0 Å². The van der Waals surface area contributed by atoms with Crippen LogP contribution in [0.3, 0.4) is 0 Å². The molecule has 142 valence electrons. The molecule has 0 bridgehead atoms. The van der Waals surface area contributed by atoms with E-state index in [9.17, 15) is 9.18 Å². The Morgan fingerprint density at radius 2 is 2.11 bits per heavy atom. The number of urea groups is 1. The summed E-state index contributed by atoms with van der Waals surface area (Å²) in [5.74, 6) is -0.266. The Bertz CT molecular complexity index is 886. The van der Waals surface area contributed by atoms with E-state index in [-0.39, 0.29) is 11.8 Å². The van der Waals surface area contributed by atoms with Gasteiger partial charge in [-0.1, -0.05) is 0 Å². The molecule has 3 rings (SSSR count). The lowest BCUT2D eigenvalue weighted by Gasteiger charge is -2.16. The minimum absolute atomic E-state index is 0.165. The molecular weight excluding hydrogens is 347 g/mol. The van der Waals surface area contributed by atoms with E-state index < -0.39 is 0 Å². The van der Waals surface area contributed by atoms with Crippen molar-refractivity contribution in [3.63, 3.8) is 0 Å². The normalized spacial score (nSPS) is 10.8. The monoisotopic (exact) mass is 370 g/mol. The molecule has 3 aromatic rings. The third kappa shape index (κ3) is 4.93. The number of nitrogens with one attached hydrogen (secondary N) is 2. The maximum atomic E-state index is 13.0. The molecular formula is C19H23FN6O. The first-order chi connectivity index (χ1) is 13.0. The zero-order valence-electron chi connectivity index (χ0n) is 15.4. The quantitative estimate of drug-likeness (QED) is 0.668. The summed E-state index contributed by atoms with van der Waals surface area (Å²) in [7, 11) is 1.76. The number of aromatic nitrogens is 4. The van der Waals surface area contributed by atoms with Crippen molar-refractivity contribution in [3.8, 4) is 11.3 Å². The number of carbonyl (C=O) groups is 1. The van der Waals surface area contributed by atoms with Crippen LogP contribution in [0.2, 0.25) is 0 Å². The van der Waals surface area contributed by atoms with Gasteiger partial charge in [0.05, 0.1) is 17.6 Å². The van der Waals surface area contributed by atoms with E-state index in [1.807, 2.05) is 13.0 Å². The molecule has 0 atom stereocenters. The molecule has 0 unspecified atom stereocenters. The van der Waals surface area contributed by atoms with E-state index in [4.69, 9.17) is 0 Å². The number of H-pyrrole nitrogens is 1. The van der Waals surface area contributed by atoms with Gasteiger partial charge in [0.25, 0.3) is 0 Å². The highest BCUT2D eigenvalue weighted by Crippen LogP contribution is 2.18. The highest BCUT2D eigenvalue weighted by molar-refractivity contribution is 5.88. The van der Waals surface area contributed by atoms with Crippen molar-refractivity contribution in [2.75, 3.05) is 18.9 Å². The van der Waals surface area contributed by atoms with Gasteiger partial charge in [0.2, 0.25) is 0 Å². The molecule has 8 heteroatoms. The Balaban J connectivity index is 1.46. The van der Waals surface area contributed by atoms with Crippen LogP contribution in [0.5, 0.6) is 0 Å². The number of halogens is 1. The highest BCUT2D eigenvalue weighted by Gasteiger charge is 2.10. The minimum atomic E-state index is -0.266. The van der Waals surface area contributed by atoms with Crippen LogP contribution in [0.1, 0.15) is 19.0 Å². The molecule has 27 heavy (non-hydrogen) atoms. The smallest absolute Gasteiger partial charge is 0.321 e. The zero-order chi connectivity index (χ0) is 19.2. The number of hydrogen-bond acceptors (Lipinski definition) is 3. The number of benzene rings is 1. The van der Waals surface area contributed by atoms with Crippen LogP contribution in [0, 0.1) is 5.82 Å². The molecule has 0 aliphatic carbocycles. The van der Waals surface area contributed by atoms with Crippen LogP contribution in [0.15, 0.2) is 42.7 Å². The number of hydrogen-bond donors (Lipinski definition) is 2. The van der Waals surface area contributed by atoms with Crippen LogP contribution in [0.25, 0.3) is 11.3 Å². The van der Waals surface area contributed by atoms with E-state index in [2.05, 4.69) is 20.6 Å². The molecule has 0 aliphatic heterocycles. The van der Waals surface area contributed by atoms with Crippen molar-refractivity contribution >= 4 is 11.7 Å². The second kappa shape index (κ2) is 8.48. The molecule has 2 amide bonds. The standard InChI is InChI=1S/C19H23FN6O/c1-3-26-13-17(12-21-26)22-19(27)25(2)10-4-5-16-11-18(24-23-16)14-6-8-15(20)9-7-14/h6-9,11-13H,3-5,10H2,1-2H3,(H,22,27)(H,23,24). The van der Waals surface area contributed by atoms with E-state index in [1.165, 1.54) is 12.1 Å². The fourth-order valence-electron chi connectivity index (χ4n) is 2.69.